The van der Waals surface area contributed by atoms with E-state index in [9.17, 15) is 4.79 Å². The quantitative estimate of drug-likeness (QED) is 0.942. The monoisotopic (exact) mass is 313 g/mol. The van der Waals surface area contributed by atoms with Gasteiger partial charge in [-0.1, -0.05) is 18.2 Å². The predicted molar refractivity (Wildman–Crippen MR) is 94.7 cm³/mol. The van der Waals surface area contributed by atoms with Crippen molar-refractivity contribution in [1.29, 1.82) is 0 Å². The molecule has 2 aromatic rings. The van der Waals surface area contributed by atoms with Crippen LogP contribution in [0.15, 0.2) is 30.5 Å². The van der Waals surface area contributed by atoms with Crippen LogP contribution < -0.4 is 5.32 Å². The van der Waals surface area contributed by atoms with Gasteiger partial charge in [-0.3, -0.25) is 4.79 Å². The molecule has 1 aliphatic heterocycles. The van der Waals surface area contributed by atoms with Crippen molar-refractivity contribution in [2.24, 2.45) is 13.0 Å². The normalized spacial score (nSPS) is 19.4. The van der Waals surface area contributed by atoms with Gasteiger partial charge in [0.1, 0.15) is 0 Å². The number of fused-ring (bicyclic) bond motifs is 1. The van der Waals surface area contributed by atoms with Crippen molar-refractivity contribution in [3.05, 3.63) is 36.0 Å². The minimum Gasteiger partial charge on any atom is -0.352 e. The second-order valence-electron chi connectivity index (χ2n) is 6.98. The Labute approximate surface area is 138 Å². The zero-order valence-corrected chi connectivity index (χ0v) is 14.4. The van der Waals surface area contributed by atoms with Gasteiger partial charge < -0.3 is 14.8 Å². The lowest BCUT2D eigenvalue weighted by atomic mass is 9.97. The molecule has 1 atom stereocenters. The number of nitrogens with zero attached hydrogens (tertiary/aromatic N) is 2. The molecule has 4 heteroatoms. The number of carbonyl (C=O) groups is 1. The van der Waals surface area contributed by atoms with E-state index in [1.165, 1.54) is 19.4 Å². The first-order valence-electron chi connectivity index (χ1n) is 8.62. The average Bonchev–Trinajstić information content (AvgIpc) is 2.90. The molecule has 1 amide bonds. The fourth-order valence-corrected chi connectivity index (χ4v) is 3.59. The maximum Gasteiger partial charge on any atom is 0.253 e. The summed E-state index contributed by atoms with van der Waals surface area (Å²) in [5.74, 6) is 0.605. The standard InChI is InChI=1S/C19H27N3O/c1-14(2)22-10-6-7-15(12-22)11-20-19(23)17-13-21(3)18-9-5-4-8-16(17)18/h4-5,8-9,13-15H,6-7,10-12H2,1-3H3,(H,20,23). The minimum atomic E-state index is 0.0449. The van der Waals surface area contributed by atoms with Gasteiger partial charge in [0.2, 0.25) is 0 Å². The first-order chi connectivity index (χ1) is 11.1. The molecular formula is C19H27N3O. The Balaban J connectivity index is 1.65. The molecule has 1 aromatic heterocycles. The van der Waals surface area contributed by atoms with Crippen LogP contribution in [0.5, 0.6) is 0 Å². The molecule has 4 nitrogen and oxygen atoms in total. The van der Waals surface area contributed by atoms with Gasteiger partial charge in [-0.25, -0.2) is 0 Å². The van der Waals surface area contributed by atoms with Crippen LogP contribution in [0.3, 0.4) is 0 Å². The highest BCUT2D eigenvalue weighted by Gasteiger charge is 2.22. The number of nitrogens with one attached hydrogen (secondary N) is 1. The first-order valence-corrected chi connectivity index (χ1v) is 8.62. The molecule has 2 heterocycles. The lowest BCUT2D eigenvalue weighted by Gasteiger charge is -2.35. The fourth-order valence-electron chi connectivity index (χ4n) is 3.59. The number of aryl methyl sites for hydroxylation is 1. The van der Waals surface area contributed by atoms with Gasteiger partial charge in [-0.15, -0.1) is 0 Å². The van der Waals surface area contributed by atoms with Gasteiger partial charge in [-0.05, 0) is 45.2 Å². The number of hydrogen-bond acceptors (Lipinski definition) is 2. The van der Waals surface area contributed by atoms with Crippen molar-refractivity contribution in [2.75, 3.05) is 19.6 Å². The first kappa shape index (κ1) is 16.1. The maximum atomic E-state index is 12.6. The van der Waals surface area contributed by atoms with Crippen LogP contribution in [0, 0.1) is 5.92 Å². The molecule has 1 aromatic carbocycles. The molecular weight excluding hydrogens is 286 g/mol. The molecule has 1 N–H and O–H groups in total. The molecule has 0 saturated carbocycles. The lowest BCUT2D eigenvalue weighted by molar-refractivity contribution is 0.0924. The third-order valence-electron chi connectivity index (χ3n) is 4.97. The number of carbonyl (C=O) groups excluding carboxylic acids is 1. The molecule has 0 radical (unpaired) electrons. The van der Waals surface area contributed by atoms with E-state index in [-0.39, 0.29) is 5.91 Å². The summed E-state index contributed by atoms with van der Waals surface area (Å²) in [6, 6.07) is 8.65. The second kappa shape index (κ2) is 6.75. The molecule has 1 fully saturated rings. The van der Waals surface area contributed by atoms with E-state index >= 15 is 0 Å². The Bertz CT molecular complexity index is 689. The van der Waals surface area contributed by atoms with Crippen LogP contribution in [0.1, 0.15) is 37.0 Å². The zero-order valence-electron chi connectivity index (χ0n) is 14.4. The van der Waals surface area contributed by atoms with Crippen molar-refractivity contribution < 1.29 is 4.79 Å². The molecule has 124 valence electrons. The van der Waals surface area contributed by atoms with Gasteiger partial charge in [0.05, 0.1) is 5.56 Å². The summed E-state index contributed by atoms with van der Waals surface area (Å²) in [5, 5.41) is 4.18. The van der Waals surface area contributed by atoms with Crippen molar-refractivity contribution in [3.63, 3.8) is 0 Å². The number of amides is 1. The molecule has 1 saturated heterocycles. The van der Waals surface area contributed by atoms with E-state index < -0.39 is 0 Å². The van der Waals surface area contributed by atoms with Crippen LogP contribution >= 0.6 is 0 Å². The van der Waals surface area contributed by atoms with E-state index in [1.54, 1.807) is 0 Å². The molecule has 3 rings (SSSR count). The van der Waals surface area contributed by atoms with Crippen molar-refractivity contribution in [1.82, 2.24) is 14.8 Å². The van der Waals surface area contributed by atoms with Crippen LogP contribution in [-0.2, 0) is 7.05 Å². The highest BCUT2D eigenvalue weighted by molar-refractivity contribution is 6.06. The van der Waals surface area contributed by atoms with E-state index in [1.807, 2.05) is 42.1 Å². The molecule has 0 bridgehead atoms. The summed E-state index contributed by atoms with van der Waals surface area (Å²) in [4.78, 5) is 15.1. The van der Waals surface area contributed by atoms with Gasteiger partial charge in [0.15, 0.2) is 0 Å². The molecule has 0 spiro atoms. The fraction of sp³-hybridized carbons (Fsp3) is 0.526. The number of rotatable bonds is 4. The summed E-state index contributed by atoms with van der Waals surface area (Å²) in [7, 11) is 1.99. The largest absolute Gasteiger partial charge is 0.352 e. The van der Waals surface area contributed by atoms with Gasteiger partial charge >= 0.3 is 0 Å². The second-order valence-corrected chi connectivity index (χ2v) is 6.98. The van der Waals surface area contributed by atoms with Crippen LogP contribution in [0.4, 0.5) is 0 Å². The Kier molecular flexibility index (Phi) is 4.71. The topological polar surface area (TPSA) is 37.3 Å². The smallest absolute Gasteiger partial charge is 0.253 e. The summed E-state index contributed by atoms with van der Waals surface area (Å²) in [6.45, 7) is 7.54. The number of piperidine rings is 1. The van der Waals surface area contributed by atoms with Crippen LogP contribution in [-0.4, -0.2) is 41.1 Å². The number of benzene rings is 1. The van der Waals surface area contributed by atoms with Crippen molar-refractivity contribution in [3.8, 4) is 0 Å². The Morgan fingerprint density at radius 3 is 2.91 bits per heavy atom. The van der Waals surface area contributed by atoms with E-state index in [0.29, 0.717) is 12.0 Å². The van der Waals surface area contributed by atoms with Crippen LogP contribution in [0.2, 0.25) is 0 Å². The Morgan fingerprint density at radius 1 is 1.35 bits per heavy atom. The summed E-state index contributed by atoms with van der Waals surface area (Å²) in [5.41, 5.74) is 1.88. The summed E-state index contributed by atoms with van der Waals surface area (Å²) < 4.78 is 2.02. The van der Waals surface area contributed by atoms with Crippen LogP contribution in [0.25, 0.3) is 10.9 Å². The number of hydrogen-bond donors (Lipinski definition) is 1. The highest BCUT2D eigenvalue weighted by atomic mass is 16.1. The third-order valence-corrected chi connectivity index (χ3v) is 4.97. The van der Waals surface area contributed by atoms with Gasteiger partial charge in [-0.2, -0.15) is 0 Å². The minimum absolute atomic E-state index is 0.0449. The zero-order chi connectivity index (χ0) is 16.4. The Morgan fingerprint density at radius 2 is 2.13 bits per heavy atom. The predicted octanol–water partition coefficient (Wildman–Crippen LogP) is 3.03. The number of likely N-dealkylation sites (tertiary alicyclic amines) is 1. The number of aromatic nitrogens is 1. The highest BCUT2D eigenvalue weighted by Crippen LogP contribution is 2.21. The SMILES string of the molecule is CC(C)N1CCCC(CNC(=O)c2cn(C)c3ccccc23)C1. The van der Waals surface area contributed by atoms with Crippen molar-refractivity contribution in [2.45, 2.75) is 32.7 Å². The van der Waals surface area contributed by atoms with Gasteiger partial charge in [0.25, 0.3) is 5.91 Å². The number of para-hydroxylation sites is 1. The van der Waals surface area contributed by atoms with Gasteiger partial charge in [0, 0.05) is 43.3 Å². The summed E-state index contributed by atoms with van der Waals surface area (Å²) in [6.07, 6.45) is 4.37. The summed E-state index contributed by atoms with van der Waals surface area (Å²) >= 11 is 0. The van der Waals surface area contributed by atoms with E-state index in [2.05, 4.69) is 24.1 Å². The molecule has 1 aliphatic rings. The molecule has 0 aliphatic carbocycles. The van der Waals surface area contributed by atoms with Crippen molar-refractivity contribution >= 4 is 16.8 Å². The lowest BCUT2D eigenvalue weighted by Crippen LogP contribution is -2.43. The molecule has 1 unspecified atom stereocenters. The van der Waals surface area contributed by atoms with E-state index in [0.717, 1.165) is 29.6 Å². The average molecular weight is 313 g/mol. The van der Waals surface area contributed by atoms with E-state index in [4.69, 9.17) is 0 Å². The Hall–Kier alpha value is -1.81. The maximum absolute atomic E-state index is 12.6. The third kappa shape index (κ3) is 3.42. The molecule has 23 heavy (non-hydrogen) atoms.